The van der Waals surface area contributed by atoms with Crippen molar-refractivity contribution in [1.29, 1.82) is 5.41 Å². The molecule has 1 aliphatic heterocycles. The van der Waals surface area contributed by atoms with Gasteiger partial charge < -0.3 is 15.7 Å². The number of imidazole rings is 1. The topological polar surface area (TPSA) is 70.9 Å². The van der Waals surface area contributed by atoms with Crippen LogP contribution in [0.15, 0.2) is 24.4 Å². The van der Waals surface area contributed by atoms with Gasteiger partial charge in [-0.15, -0.1) is 0 Å². The van der Waals surface area contributed by atoms with Gasteiger partial charge in [-0.2, -0.15) is 0 Å². The maximum Gasteiger partial charge on any atom is 0.111 e. The van der Waals surface area contributed by atoms with Crippen LogP contribution >= 0.6 is 0 Å². The number of nitrogens with zero attached hydrogens (tertiary/aromatic N) is 3. The van der Waals surface area contributed by atoms with Gasteiger partial charge in [-0.25, -0.2) is 4.98 Å². The molecule has 120 valence electrons. The van der Waals surface area contributed by atoms with Crippen LogP contribution in [0.3, 0.4) is 0 Å². The monoisotopic (exact) mass is 309 g/mol. The second-order valence-electron chi connectivity index (χ2n) is 6.52. The molecule has 2 heterocycles. The molecule has 3 N–H and O–H groups in total. The number of fused-ring (bicyclic) bond motifs is 3. The average molecular weight is 309 g/mol. The highest BCUT2D eigenvalue weighted by molar-refractivity contribution is 6.09. The molecule has 0 atom stereocenters. The lowest BCUT2D eigenvalue weighted by Gasteiger charge is -2.36. The molecule has 4 rings (SSSR count). The molecule has 0 spiro atoms. The summed E-state index contributed by atoms with van der Waals surface area (Å²) in [6, 6.07) is 6.96. The predicted molar refractivity (Wildman–Crippen MR) is 93.6 cm³/mol. The minimum Gasteiger partial charge on any atom is -0.404 e. The van der Waals surface area contributed by atoms with Crippen molar-refractivity contribution in [2.45, 2.75) is 38.3 Å². The zero-order valence-electron chi connectivity index (χ0n) is 13.3. The standard InChI is InChI=1S/C18H23N5/c19-11-14(12-20)13-4-5-16-17(10-13)23-9-8-22(15-2-1-3-15)7-6-18(23)21-16/h4-5,10-12,15,19H,1-3,6-9,20H2/b14-12+,19-11?. The molecule has 2 aromatic rings. The third-order valence-corrected chi connectivity index (χ3v) is 5.32. The van der Waals surface area contributed by atoms with Crippen molar-refractivity contribution in [2.24, 2.45) is 5.73 Å². The number of nitrogens with two attached hydrogens (primary N) is 1. The highest BCUT2D eigenvalue weighted by Gasteiger charge is 2.27. The van der Waals surface area contributed by atoms with Crippen molar-refractivity contribution in [3.8, 4) is 0 Å². The fraction of sp³-hybridized carbons (Fsp3) is 0.444. The molecule has 0 bridgehead atoms. The van der Waals surface area contributed by atoms with Crippen LogP contribution in [0.2, 0.25) is 0 Å². The molecule has 0 amide bonds. The maximum atomic E-state index is 7.49. The summed E-state index contributed by atoms with van der Waals surface area (Å²) in [4.78, 5) is 7.47. The van der Waals surface area contributed by atoms with Crippen molar-refractivity contribution in [2.75, 3.05) is 13.1 Å². The van der Waals surface area contributed by atoms with E-state index in [1.165, 1.54) is 37.5 Å². The smallest absolute Gasteiger partial charge is 0.111 e. The number of aromatic nitrogens is 2. The summed E-state index contributed by atoms with van der Waals surface area (Å²) in [7, 11) is 0. The van der Waals surface area contributed by atoms with Crippen molar-refractivity contribution < 1.29 is 0 Å². The first-order valence-electron chi connectivity index (χ1n) is 8.46. The lowest BCUT2D eigenvalue weighted by molar-refractivity contribution is 0.130. The lowest BCUT2D eigenvalue weighted by atomic mass is 9.91. The van der Waals surface area contributed by atoms with Crippen LogP contribution in [0.4, 0.5) is 0 Å². The molecule has 0 saturated heterocycles. The molecule has 0 radical (unpaired) electrons. The van der Waals surface area contributed by atoms with E-state index in [0.29, 0.717) is 0 Å². The van der Waals surface area contributed by atoms with Crippen molar-refractivity contribution >= 4 is 22.8 Å². The highest BCUT2D eigenvalue weighted by atomic mass is 15.2. The Morgan fingerprint density at radius 3 is 2.83 bits per heavy atom. The van der Waals surface area contributed by atoms with E-state index in [2.05, 4.69) is 15.5 Å². The van der Waals surface area contributed by atoms with E-state index in [4.69, 9.17) is 16.1 Å². The zero-order chi connectivity index (χ0) is 15.8. The second-order valence-corrected chi connectivity index (χ2v) is 6.52. The van der Waals surface area contributed by atoms with E-state index in [-0.39, 0.29) is 0 Å². The van der Waals surface area contributed by atoms with Gasteiger partial charge in [0.1, 0.15) is 5.82 Å². The first-order chi connectivity index (χ1) is 11.3. The molecule has 1 aromatic carbocycles. The molecule has 2 aliphatic rings. The van der Waals surface area contributed by atoms with Crippen LogP contribution in [-0.2, 0) is 13.0 Å². The van der Waals surface area contributed by atoms with Gasteiger partial charge in [0.25, 0.3) is 0 Å². The molecule has 5 heteroatoms. The van der Waals surface area contributed by atoms with Crippen molar-refractivity contribution in [3.05, 3.63) is 35.8 Å². The highest BCUT2D eigenvalue weighted by Crippen LogP contribution is 2.28. The number of benzene rings is 1. The van der Waals surface area contributed by atoms with Crippen LogP contribution in [0.1, 0.15) is 30.7 Å². The number of hydrogen-bond donors (Lipinski definition) is 2. The largest absolute Gasteiger partial charge is 0.404 e. The van der Waals surface area contributed by atoms with Gasteiger partial charge in [-0.1, -0.05) is 12.5 Å². The Bertz CT molecular complexity index is 769. The summed E-state index contributed by atoms with van der Waals surface area (Å²) in [6.45, 7) is 3.23. The Morgan fingerprint density at radius 2 is 2.13 bits per heavy atom. The fourth-order valence-corrected chi connectivity index (χ4v) is 3.72. The van der Waals surface area contributed by atoms with Crippen molar-refractivity contribution in [1.82, 2.24) is 14.5 Å². The van der Waals surface area contributed by atoms with E-state index in [0.717, 1.165) is 54.3 Å². The third kappa shape index (κ3) is 2.45. The molecule has 1 saturated carbocycles. The summed E-state index contributed by atoms with van der Waals surface area (Å²) in [5, 5.41) is 7.49. The van der Waals surface area contributed by atoms with Gasteiger partial charge in [0.05, 0.1) is 11.0 Å². The van der Waals surface area contributed by atoms with Gasteiger partial charge in [-0.3, -0.25) is 4.90 Å². The molecule has 0 unspecified atom stereocenters. The lowest BCUT2D eigenvalue weighted by Crippen LogP contribution is -2.41. The van der Waals surface area contributed by atoms with E-state index in [1.54, 1.807) is 0 Å². The van der Waals surface area contributed by atoms with Crippen LogP contribution in [0, 0.1) is 5.41 Å². The molecule has 1 aromatic heterocycles. The first-order valence-corrected chi connectivity index (χ1v) is 8.46. The summed E-state index contributed by atoms with van der Waals surface area (Å²) in [5.41, 5.74) is 9.56. The predicted octanol–water partition coefficient (Wildman–Crippen LogP) is 2.40. The number of allylic oxidation sites excluding steroid dienone is 1. The van der Waals surface area contributed by atoms with Crippen molar-refractivity contribution in [3.63, 3.8) is 0 Å². The van der Waals surface area contributed by atoms with Gasteiger partial charge in [0.2, 0.25) is 0 Å². The van der Waals surface area contributed by atoms with Crippen LogP contribution in [0.5, 0.6) is 0 Å². The summed E-state index contributed by atoms with van der Waals surface area (Å²) in [5.74, 6) is 1.19. The zero-order valence-corrected chi connectivity index (χ0v) is 13.3. The van der Waals surface area contributed by atoms with E-state index >= 15 is 0 Å². The number of nitrogens with one attached hydrogen (secondary N) is 1. The Labute approximate surface area is 136 Å². The first kappa shape index (κ1) is 14.5. The summed E-state index contributed by atoms with van der Waals surface area (Å²) < 4.78 is 2.36. The Morgan fingerprint density at radius 1 is 1.26 bits per heavy atom. The number of hydrogen-bond acceptors (Lipinski definition) is 4. The van der Waals surface area contributed by atoms with Gasteiger partial charge in [0.15, 0.2) is 0 Å². The third-order valence-electron chi connectivity index (χ3n) is 5.32. The minimum absolute atomic E-state index is 0.743. The van der Waals surface area contributed by atoms with Gasteiger partial charge >= 0.3 is 0 Å². The molecular formula is C18H23N5. The minimum atomic E-state index is 0.743. The normalized spacial score (nSPS) is 20.1. The average Bonchev–Trinajstić information content (AvgIpc) is 2.74. The quantitative estimate of drug-likeness (QED) is 0.855. The molecule has 1 aliphatic carbocycles. The molecule has 5 nitrogen and oxygen atoms in total. The fourth-order valence-electron chi connectivity index (χ4n) is 3.72. The van der Waals surface area contributed by atoms with Crippen LogP contribution in [0.25, 0.3) is 16.6 Å². The molecule has 1 fully saturated rings. The van der Waals surface area contributed by atoms with Crippen LogP contribution in [-0.4, -0.2) is 39.8 Å². The maximum absolute atomic E-state index is 7.49. The Hall–Kier alpha value is -2.14. The molecule has 23 heavy (non-hydrogen) atoms. The summed E-state index contributed by atoms with van der Waals surface area (Å²) >= 11 is 0. The van der Waals surface area contributed by atoms with Gasteiger partial charge in [-0.05, 0) is 30.5 Å². The van der Waals surface area contributed by atoms with E-state index in [1.807, 2.05) is 12.1 Å². The van der Waals surface area contributed by atoms with Crippen LogP contribution < -0.4 is 5.73 Å². The molecular weight excluding hydrogens is 286 g/mol. The van der Waals surface area contributed by atoms with E-state index < -0.39 is 0 Å². The Balaban J connectivity index is 1.68. The van der Waals surface area contributed by atoms with Gasteiger partial charge in [0, 0.05) is 50.1 Å². The number of rotatable bonds is 3. The van der Waals surface area contributed by atoms with E-state index in [9.17, 15) is 0 Å². The Kier molecular flexibility index (Phi) is 3.65. The second kappa shape index (κ2) is 5.81. The summed E-state index contributed by atoms with van der Waals surface area (Å²) in [6.07, 6.45) is 7.92. The SMILES string of the molecule is N=C/C(=C\N)c1ccc2nc3n(c2c1)CCN(C1CCC1)CC3.